The van der Waals surface area contributed by atoms with Crippen LogP contribution in [0.3, 0.4) is 0 Å². The van der Waals surface area contributed by atoms with Crippen LogP contribution in [0.1, 0.15) is 56.4 Å². The van der Waals surface area contributed by atoms with Gasteiger partial charge in [-0.3, -0.25) is 4.39 Å². The van der Waals surface area contributed by atoms with Crippen LogP contribution in [0.25, 0.3) is 11.1 Å². The summed E-state index contributed by atoms with van der Waals surface area (Å²) < 4.78 is 41.0. The summed E-state index contributed by atoms with van der Waals surface area (Å²) in [6.07, 6.45) is 11.8. The van der Waals surface area contributed by atoms with Crippen molar-refractivity contribution in [2.75, 3.05) is 6.67 Å². The average Bonchev–Trinajstić information content (AvgIpc) is 2.74. The molecule has 0 atom stereocenters. The Bertz CT molecular complexity index is 745. The van der Waals surface area contributed by atoms with E-state index in [9.17, 15) is 13.2 Å². The van der Waals surface area contributed by atoms with Crippen molar-refractivity contribution in [3.63, 3.8) is 0 Å². The lowest BCUT2D eigenvalue weighted by Crippen LogP contribution is -2.13. The molecule has 1 aliphatic rings. The molecule has 1 aliphatic carbocycles. The fourth-order valence-corrected chi connectivity index (χ4v) is 4.19. The van der Waals surface area contributed by atoms with E-state index >= 15 is 0 Å². The first-order valence-corrected chi connectivity index (χ1v) is 10.5. The molecule has 156 valence electrons. The number of hydrogen-bond donors (Lipinski definition) is 0. The molecule has 0 unspecified atom stereocenters. The van der Waals surface area contributed by atoms with E-state index in [1.807, 2.05) is 6.08 Å². The van der Waals surface area contributed by atoms with Gasteiger partial charge >= 0.3 is 6.61 Å². The zero-order chi connectivity index (χ0) is 20.5. The second-order valence-corrected chi connectivity index (χ2v) is 7.77. The first-order valence-electron chi connectivity index (χ1n) is 10.5. The first-order chi connectivity index (χ1) is 14.2. The van der Waals surface area contributed by atoms with Crippen LogP contribution in [0, 0.1) is 5.92 Å². The van der Waals surface area contributed by atoms with E-state index in [2.05, 4.69) is 35.1 Å². The minimum Gasteiger partial charge on any atom is -0.435 e. The molecule has 0 radical (unpaired) electrons. The van der Waals surface area contributed by atoms with Gasteiger partial charge < -0.3 is 4.74 Å². The second kappa shape index (κ2) is 11.1. The molecule has 3 rings (SSSR count). The van der Waals surface area contributed by atoms with Crippen molar-refractivity contribution >= 4 is 0 Å². The van der Waals surface area contributed by atoms with Crippen LogP contribution in [0.5, 0.6) is 5.75 Å². The Hall–Kier alpha value is -2.23. The molecule has 0 bridgehead atoms. The van der Waals surface area contributed by atoms with Crippen LogP contribution in [0.4, 0.5) is 13.2 Å². The predicted molar refractivity (Wildman–Crippen MR) is 112 cm³/mol. The van der Waals surface area contributed by atoms with E-state index in [-0.39, 0.29) is 12.4 Å². The molecule has 0 N–H and O–H groups in total. The highest BCUT2D eigenvalue weighted by atomic mass is 19.3. The van der Waals surface area contributed by atoms with E-state index in [1.54, 1.807) is 24.3 Å². The summed E-state index contributed by atoms with van der Waals surface area (Å²) in [4.78, 5) is 0. The fraction of sp³-hybridized carbons (Fsp3) is 0.440. The summed E-state index contributed by atoms with van der Waals surface area (Å²) >= 11 is 0. The predicted octanol–water partition coefficient (Wildman–Crippen LogP) is 7.92. The molecule has 4 heteroatoms. The molecule has 0 saturated heterocycles. The summed E-state index contributed by atoms with van der Waals surface area (Å²) in [5, 5.41) is 0. The molecular weight excluding hydrogens is 373 g/mol. The second-order valence-electron chi connectivity index (χ2n) is 7.77. The molecule has 0 spiro atoms. The van der Waals surface area contributed by atoms with Crippen LogP contribution in [0.15, 0.2) is 60.7 Å². The third-order valence-corrected chi connectivity index (χ3v) is 5.83. The molecule has 2 aromatic carbocycles. The van der Waals surface area contributed by atoms with Crippen molar-refractivity contribution < 1.29 is 17.9 Å². The van der Waals surface area contributed by atoms with Gasteiger partial charge in [0.15, 0.2) is 0 Å². The fourth-order valence-electron chi connectivity index (χ4n) is 4.19. The highest BCUT2D eigenvalue weighted by molar-refractivity contribution is 5.64. The van der Waals surface area contributed by atoms with Gasteiger partial charge in [-0.1, -0.05) is 48.6 Å². The van der Waals surface area contributed by atoms with Gasteiger partial charge in [0.2, 0.25) is 0 Å². The van der Waals surface area contributed by atoms with Crippen molar-refractivity contribution in [3.05, 3.63) is 66.2 Å². The van der Waals surface area contributed by atoms with E-state index in [0.29, 0.717) is 12.3 Å². The smallest absolute Gasteiger partial charge is 0.387 e. The molecule has 0 heterocycles. The van der Waals surface area contributed by atoms with Crippen LogP contribution in [0.2, 0.25) is 0 Å². The van der Waals surface area contributed by atoms with Crippen molar-refractivity contribution in [2.45, 2.75) is 57.5 Å². The number of ether oxygens (including phenoxy) is 1. The number of benzene rings is 2. The molecule has 29 heavy (non-hydrogen) atoms. The Balaban J connectivity index is 1.49. The molecule has 1 nitrogen and oxygen atoms in total. The Morgan fingerprint density at radius 3 is 2.00 bits per heavy atom. The minimum absolute atomic E-state index is 0.176. The van der Waals surface area contributed by atoms with Gasteiger partial charge in [0.1, 0.15) is 5.75 Å². The van der Waals surface area contributed by atoms with Crippen molar-refractivity contribution in [1.29, 1.82) is 0 Å². The van der Waals surface area contributed by atoms with E-state index in [1.165, 1.54) is 37.7 Å². The summed E-state index contributed by atoms with van der Waals surface area (Å²) in [5.41, 5.74) is 3.45. The average molecular weight is 403 g/mol. The molecular formula is C25H29F3O. The molecule has 2 aromatic rings. The zero-order valence-electron chi connectivity index (χ0n) is 16.7. The molecule has 1 fully saturated rings. The Labute approximate surface area is 171 Å². The normalized spacial score (nSPS) is 19.7. The Morgan fingerprint density at radius 2 is 1.41 bits per heavy atom. The zero-order valence-corrected chi connectivity index (χ0v) is 16.7. The maximum atomic E-state index is 12.3. The van der Waals surface area contributed by atoms with Crippen molar-refractivity contribution in [2.24, 2.45) is 5.92 Å². The monoisotopic (exact) mass is 402 g/mol. The van der Waals surface area contributed by atoms with Crippen LogP contribution in [-0.2, 0) is 0 Å². The molecule has 0 amide bonds. The summed E-state index contributed by atoms with van der Waals surface area (Å²) in [5.74, 6) is 1.58. The number of allylic oxidation sites excluding steroid dienone is 2. The van der Waals surface area contributed by atoms with Gasteiger partial charge in [0.25, 0.3) is 0 Å². The van der Waals surface area contributed by atoms with Gasteiger partial charge in [0, 0.05) is 0 Å². The summed E-state index contributed by atoms with van der Waals surface area (Å²) in [6, 6.07) is 15.4. The Kier molecular flexibility index (Phi) is 8.21. The maximum Gasteiger partial charge on any atom is 0.387 e. The van der Waals surface area contributed by atoms with Gasteiger partial charge in [0.05, 0.1) is 6.67 Å². The molecule has 0 aromatic heterocycles. The number of rotatable bonds is 9. The van der Waals surface area contributed by atoms with Crippen LogP contribution < -0.4 is 4.74 Å². The quantitative estimate of drug-likeness (QED) is 0.387. The standard InChI is InChI=1S/C25H29F3O/c26-18-4-2-1-3-5-19-6-8-20(9-7-19)21-10-12-22(13-11-21)23-14-16-24(17-15-23)29-25(27)28/h1-2,10-17,19-20,25H,3-9,18H2/b2-1+. The third-order valence-electron chi connectivity index (χ3n) is 5.83. The lowest BCUT2D eigenvalue weighted by Gasteiger charge is -2.28. The lowest BCUT2D eigenvalue weighted by atomic mass is 9.77. The topological polar surface area (TPSA) is 9.23 Å². The van der Waals surface area contributed by atoms with Crippen LogP contribution >= 0.6 is 0 Å². The largest absolute Gasteiger partial charge is 0.435 e. The van der Waals surface area contributed by atoms with E-state index < -0.39 is 6.61 Å². The van der Waals surface area contributed by atoms with Gasteiger partial charge in [-0.15, -0.1) is 0 Å². The minimum atomic E-state index is -2.80. The molecule has 1 saturated carbocycles. The van der Waals surface area contributed by atoms with Gasteiger partial charge in [-0.25, -0.2) is 0 Å². The van der Waals surface area contributed by atoms with E-state index in [0.717, 1.165) is 23.5 Å². The maximum absolute atomic E-state index is 12.3. The van der Waals surface area contributed by atoms with Crippen molar-refractivity contribution in [1.82, 2.24) is 0 Å². The van der Waals surface area contributed by atoms with Gasteiger partial charge in [-0.2, -0.15) is 8.78 Å². The number of alkyl halides is 3. The first kappa shape index (κ1) is 21.5. The number of hydrogen-bond acceptors (Lipinski definition) is 1. The highest BCUT2D eigenvalue weighted by Crippen LogP contribution is 2.38. The summed E-state index contributed by atoms with van der Waals surface area (Å²) in [6.45, 7) is -3.06. The van der Waals surface area contributed by atoms with Crippen molar-refractivity contribution in [3.8, 4) is 16.9 Å². The van der Waals surface area contributed by atoms with E-state index in [4.69, 9.17) is 0 Å². The SMILES string of the molecule is FCC/C=C/CCC1CCC(c2ccc(-c3ccc(OC(F)F)cc3)cc2)CC1. The lowest BCUT2D eigenvalue weighted by molar-refractivity contribution is -0.0498. The molecule has 0 aliphatic heterocycles. The summed E-state index contributed by atoms with van der Waals surface area (Å²) in [7, 11) is 0. The number of halogens is 3. The highest BCUT2D eigenvalue weighted by Gasteiger charge is 2.21. The Morgan fingerprint density at radius 1 is 0.828 bits per heavy atom. The van der Waals surface area contributed by atoms with Crippen LogP contribution in [-0.4, -0.2) is 13.3 Å². The van der Waals surface area contributed by atoms with Gasteiger partial charge in [-0.05, 0) is 85.6 Å². The third kappa shape index (κ3) is 6.66.